The normalized spacial score (nSPS) is 24.3. The zero-order valence-corrected chi connectivity index (χ0v) is 29.4. The van der Waals surface area contributed by atoms with Crippen LogP contribution in [0, 0.1) is 0 Å². The zero-order chi connectivity index (χ0) is 36.6. The summed E-state index contributed by atoms with van der Waals surface area (Å²) in [6, 6.07) is 20.3. The van der Waals surface area contributed by atoms with Crippen molar-refractivity contribution < 1.29 is 57.1 Å². The number of carbonyl (C=O) groups is 4. The molecule has 276 valence electrons. The SMILES string of the molecule is CCCN1Cc2cc3c(cc2C(=O)C[C@@H](OC[C@H]2C[C@@H](OC)[C@H](OC)[C@@H](COC(=O)c4ccccc4)O2)[C@H](OC(=O)c2ccccc2)C1=O)OCO3. The van der Waals surface area contributed by atoms with Gasteiger partial charge >= 0.3 is 11.9 Å². The van der Waals surface area contributed by atoms with Gasteiger partial charge in [0.05, 0.1) is 29.9 Å². The van der Waals surface area contributed by atoms with Gasteiger partial charge in [-0.05, 0) is 48.4 Å². The molecule has 0 N–H and O–H groups in total. The Morgan fingerprint density at radius 3 is 2.17 bits per heavy atom. The number of ether oxygens (including phenoxy) is 8. The second kappa shape index (κ2) is 17.1. The highest BCUT2D eigenvalue weighted by Crippen LogP contribution is 2.37. The van der Waals surface area contributed by atoms with Crippen molar-refractivity contribution >= 4 is 23.6 Å². The minimum atomic E-state index is -1.46. The lowest BCUT2D eigenvalue weighted by atomic mass is 9.97. The van der Waals surface area contributed by atoms with E-state index in [-0.39, 0.29) is 44.3 Å². The minimum Gasteiger partial charge on any atom is -0.459 e. The van der Waals surface area contributed by atoms with E-state index in [0.717, 1.165) is 0 Å². The van der Waals surface area contributed by atoms with E-state index < -0.39 is 54.5 Å². The maximum absolute atomic E-state index is 14.4. The fourth-order valence-electron chi connectivity index (χ4n) is 6.72. The van der Waals surface area contributed by atoms with E-state index in [9.17, 15) is 19.2 Å². The number of hydrogen-bond acceptors (Lipinski definition) is 12. The number of hydrogen-bond donors (Lipinski definition) is 0. The Bertz CT molecular complexity index is 1720. The highest BCUT2D eigenvalue weighted by molar-refractivity contribution is 6.00. The second-order valence-electron chi connectivity index (χ2n) is 12.8. The Kier molecular flexibility index (Phi) is 12.2. The number of esters is 2. The third kappa shape index (κ3) is 8.45. The molecule has 0 bridgehead atoms. The summed E-state index contributed by atoms with van der Waals surface area (Å²) in [7, 11) is 3.07. The van der Waals surface area contributed by atoms with Crippen LogP contribution in [-0.2, 0) is 39.8 Å². The molecule has 3 aliphatic rings. The summed E-state index contributed by atoms with van der Waals surface area (Å²) >= 11 is 0. The first-order chi connectivity index (χ1) is 25.3. The molecule has 13 heteroatoms. The van der Waals surface area contributed by atoms with Crippen molar-refractivity contribution in [2.45, 2.75) is 69.4 Å². The molecule has 0 radical (unpaired) electrons. The predicted molar refractivity (Wildman–Crippen MR) is 184 cm³/mol. The largest absolute Gasteiger partial charge is 0.459 e. The molecule has 3 aromatic carbocycles. The molecule has 6 rings (SSSR count). The fraction of sp³-hybridized carbons (Fsp3) is 0.436. The Morgan fingerprint density at radius 2 is 1.52 bits per heavy atom. The van der Waals surface area contributed by atoms with Crippen LogP contribution in [0.2, 0.25) is 0 Å². The van der Waals surface area contributed by atoms with Crippen molar-refractivity contribution in [3.05, 3.63) is 95.1 Å². The van der Waals surface area contributed by atoms with Gasteiger partial charge in [0.1, 0.15) is 24.9 Å². The third-order valence-electron chi connectivity index (χ3n) is 9.33. The maximum Gasteiger partial charge on any atom is 0.339 e. The standard InChI is InChI=1S/C39H43NO12/c1-4-15-40-20-26-16-30-31(50-23-49-30)18-28(26)29(41)19-33(36(37(40)42)52-39(44)25-13-9-6-10-14-25)47-21-27-17-32(45-2)35(46-3)34(51-27)22-48-38(43)24-11-7-5-8-12-24/h5-14,16,18,27,32-36H,4,15,17,19-23H2,1-3H3/t27-,32-,33-,34-,35+,36+/m1/s1. The number of fused-ring (bicyclic) bond motifs is 2. The highest BCUT2D eigenvalue weighted by atomic mass is 16.7. The average Bonchev–Trinajstić information content (AvgIpc) is 3.65. The van der Waals surface area contributed by atoms with Gasteiger partial charge in [-0.25, -0.2) is 9.59 Å². The number of Topliss-reactive ketones (excluding diaryl/α,β-unsaturated/α-hetero) is 1. The monoisotopic (exact) mass is 717 g/mol. The van der Waals surface area contributed by atoms with Crippen molar-refractivity contribution in [2.24, 2.45) is 0 Å². The van der Waals surface area contributed by atoms with Crippen molar-refractivity contribution in [2.75, 3.05) is 40.8 Å². The van der Waals surface area contributed by atoms with Crippen molar-refractivity contribution in [3.8, 4) is 11.5 Å². The van der Waals surface area contributed by atoms with Gasteiger partial charge < -0.3 is 42.8 Å². The molecule has 0 saturated carbocycles. The topological polar surface area (TPSA) is 145 Å². The number of nitrogens with zero attached hydrogens (tertiary/aromatic N) is 1. The van der Waals surface area contributed by atoms with Gasteiger partial charge in [0.15, 0.2) is 17.3 Å². The van der Waals surface area contributed by atoms with E-state index in [1.165, 1.54) is 7.11 Å². The summed E-state index contributed by atoms with van der Waals surface area (Å²) < 4.78 is 46.9. The van der Waals surface area contributed by atoms with Gasteiger partial charge in [0, 0.05) is 45.7 Å². The minimum absolute atomic E-state index is 0.0213. The zero-order valence-electron chi connectivity index (χ0n) is 29.4. The van der Waals surface area contributed by atoms with Gasteiger partial charge in [0.25, 0.3) is 5.91 Å². The first-order valence-electron chi connectivity index (χ1n) is 17.3. The summed E-state index contributed by atoms with van der Waals surface area (Å²) in [5.74, 6) is -1.16. The summed E-state index contributed by atoms with van der Waals surface area (Å²) in [5, 5.41) is 0. The third-order valence-corrected chi connectivity index (χ3v) is 9.33. The number of methoxy groups -OCH3 is 2. The molecule has 3 aromatic rings. The molecular weight excluding hydrogens is 674 g/mol. The Morgan fingerprint density at radius 1 is 0.846 bits per heavy atom. The Balaban J connectivity index is 1.27. The van der Waals surface area contributed by atoms with Crippen LogP contribution in [0.25, 0.3) is 0 Å². The molecule has 13 nitrogen and oxygen atoms in total. The Hall–Kier alpha value is -4.82. The van der Waals surface area contributed by atoms with Crippen molar-refractivity contribution in [1.29, 1.82) is 0 Å². The summed E-state index contributed by atoms with van der Waals surface area (Å²) in [4.78, 5) is 56.3. The average molecular weight is 718 g/mol. The second-order valence-corrected chi connectivity index (χ2v) is 12.8. The first kappa shape index (κ1) is 37.0. The number of ketones is 1. The van der Waals surface area contributed by atoms with Crippen LogP contribution in [0.15, 0.2) is 72.8 Å². The van der Waals surface area contributed by atoms with Gasteiger partial charge in [-0.2, -0.15) is 0 Å². The number of rotatable bonds is 12. The lowest BCUT2D eigenvalue weighted by molar-refractivity contribution is -0.211. The quantitative estimate of drug-likeness (QED) is 0.245. The summed E-state index contributed by atoms with van der Waals surface area (Å²) in [5.41, 5.74) is 1.58. The van der Waals surface area contributed by atoms with Gasteiger partial charge in [0.2, 0.25) is 12.9 Å². The Labute approximate surface area is 302 Å². The van der Waals surface area contributed by atoms with Crippen LogP contribution in [0.5, 0.6) is 11.5 Å². The molecule has 0 unspecified atom stereocenters. The van der Waals surface area contributed by atoms with Crippen LogP contribution in [-0.4, -0.2) is 106 Å². The van der Waals surface area contributed by atoms with Gasteiger partial charge in [-0.3, -0.25) is 9.59 Å². The molecule has 3 heterocycles. The van der Waals surface area contributed by atoms with Crippen LogP contribution in [0.1, 0.15) is 62.8 Å². The van der Waals surface area contributed by atoms with Crippen molar-refractivity contribution in [1.82, 2.24) is 4.90 Å². The predicted octanol–water partition coefficient (Wildman–Crippen LogP) is 4.40. The van der Waals surface area contributed by atoms with E-state index in [1.54, 1.807) is 84.8 Å². The highest BCUT2D eigenvalue weighted by Gasteiger charge is 2.43. The molecule has 3 aliphatic heterocycles. The number of amides is 1. The van der Waals surface area contributed by atoms with Crippen LogP contribution in [0.4, 0.5) is 0 Å². The van der Waals surface area contributed by atoms with Crippen molar-refractivity contribution in [3.63, 3.8) is 0 Å². The molecule has 0 aliphatic carbocycles. The lowest BCUT2D eigenvalue weighted by Crippen LogP contribution is -2.54. The number of benzene rings is 3. The maximum atomic E-state index is 14.4. The molecule has 1 amide bonds. The molecule has 0 aromatic heterocycles. The molecule has 0 spiro atoms. The van der Waals surface area contributed by atoms with E-state index >= 15 is 0 Å². The summed E-state index contributed by atoms with van der Waals surface area (Å²) in [6.45, 7) is 2.13. The molecule has 6 atom stereocenters. The molecule has 1 fully saturated rings. The molecule has 1 saturated heterocycles. The van der Waals surface area contributed by atoms with E-state index in [4.69, 9.17) is 37.9 Å². The first-order valence-corrected chi connectivity index (χ1v) is 17.3. The van der Waals surface area contributed by atoms with Gasteiger partial charge in [-0.15, -0.1) is 0 Å². The van der Waals surface area contributed by atoms with E-state index in [1.807, 2.05) is 6.92 Å². The lowest BCUT2D eigenvalue weighted by Gasteiger charge is -2.40. The number of carbonyl (C=O) groups excluding carboxylic acids is 4. The van der Waals surface area contributed by atoms with Crippen LogP contribution < -0.4 is 9.47 Å². The molecule has 52 heavy (non-hydrogen) atoms. The van der Waals surface area contributed by atoms with E-state index in [0.29, 0.717) is 47.6 Å². The van der Waals surface area contributed by atoms with Crippen LogP contribution >= 0.6 is 0 Å². The van der Waals surface area contributed by atoms with E-state index in [2.05, 4.69) is 0 Å². The molecular formula is C39H43NO12. The van der Waals surface area contributed by atoms with Crippen LogP contribution in [0.3, 0.4) is 0 Å². The fourth-order valence-corrected chi connectivity index (χ4v) is 6.72. The smallest absolute Gasteiger partial charge is 0.339 e. The van der Waals surface area contributed by atoms with Gasteiger partial charge in [-0.1, -0.05) is 43.3 Å². The summed E-state index contributed by atoms with van der Waals surface area (Å²) in [6.07, 6.45) is -4.39.